The van der Waals surface area contributed by atoms with E-state index in [-0.39, 0.29) is 17.4 Å². The number of benzene rings is 2. The summed E-state index contributed by atoms with van der Waals surface area (Å²) in [5.41, 5.74) is 2.57. The van der Waals surface area contributed by atoms with E-state index >= 15 is 0 Å². The van der Waals surface area contributed by atoms with E-state index in [1.165, 1.54) is 5.56 Å². The Balaban J connectivity index is 2.07. The maximum Gasteiger partial charge on any atom is 0.295 e. The van der Waals surface area contributed by atoms with Crippen molar-refractivity contribution in [1.29, 1.82) is 0 Å². The standard InChI is InChI=1S/C27H34N2O4/c1-17(2)19-7-9-20(10-8-19)24-23(26(31)27(32)29(24)16-15-28(5)6)25(30)21-11-13-22(14-12-21)33-18(3)4/h7-14,17-18,24,30H,15-16H2,1-6H3. The van der Waals surface area contributed by atoms with Crippen molar-refractivity contribution in [3.05, 3.63) is 70.8 Å². The Kier molecular flexibility index (Phi) is 7.59. The zero-order chi connectivity index (χ0) is 24.3. The second-order valence-electron chi connectivity index (χ2n) is 9.31. The predicted octanol–water partition coefficient (Wildman–Crippen LogP) is 4.58. The molecule has 176 valence electrons. The van der Waals surface area contributed by atoms with Crippen LogP contribution in [-0.2, 0) is 9.59 Å². The average Bonchev–Trinajstić information content (AvgIpc) is 3.02. The van der Waals surface area contributed by atoms with E-state index in [9.17, 15) is 14.7 Å². The molecule has 1 atom stereocenters. The van der Waals surface area contributed by atoms with Crippen molar-refractivity contribution in [3.63, 3.8) is 0 Å². The second-order valence-corrected chi connectivity index (χ2v) is 9.31. The lowest BCUT2D eigenvalue weighted by molar-refractivity contribution is -0.140. The number of likely N-dealkylation sites (N-methyl/N-ethyl adjacent to an activating group) is 1. The molecule has 1 aliphatic rings. The van der Waals surface area contributed by atoms with Crippen LogP contribution in [0.15, 0.2) is 54.1 Å². The Labute approximate surface area is 196 Å². The summed E-state index contributed by atoms with van der Waals surface area (Å²) in [7, 11) is 3.84. The fourth-order valence-corrected chi connectivity index (χ4v) is 3.95. The number of hydrogen-bond donors (Lipinski definition) is 1. The molecule has 1 heterocycles. The van der Waals surface area contributed by atoms with E-state index in [4.69, 9.17) is 4.74 Å². The van der Waals surface area contributed by atoms with Gasteiger partial charge in [0.1, 0.15) is 11.5 Å². The molecule has 3 rings (SSSR count). The number of nitrogens with zero attached hydrogens (tertiary/aromatic N) is 2. The number of ketones is 1. The Morgan fingerprint density at radius 1 is 1.00 bits per heavy atom. The summed E-state index contributed by atoms with van der Waals surface area (Å²) in [6.45, 7) is 9.10. The minimum absolute atomic E-state index is 0.0280. The van der Waals surface area contributed by atoms with Crippen molar-refractivity contribution in [3.8, 4) is 5.75 Å². The molecule has 1 unspecified atom stereocenters. The molecule has 2 aromatic rings. The molecule has 1 amide bonds. The van der Waals surface area contributed by atoms with Gasteiger partial charge >= 0.3 is 0 Å². The number of likely N-dealkylation sites (tertiary alicyclic amines) is 1. The Bertz CT molecular complexity index is 1020. The molecule has 1 N–H and O–H groups in total. The van der Waals surface area contributed by atoms with Gasteiger partial charge in [-0.05, 0) is 69.3 Å². The molecular formula is C27H34N2O4. The summed E-state index contributed by atoms with van der Waals surface area (Å²) in [4.78, 5) is 29.6. The van der Waals surface area contributed by atoms with E-state index in [1.54, 1.807) is 29.2 Å². The zero-order valence-corrected chi connectivity index (χ0v) is 20.3. The molecule has 6 heteroatoms. The van der Waals surface area contributed by atoms with Crippen molar-refractivity contribution < 1.29 is 19.4 Å². The number of Topliss-reactive ketones (excluding diaryl/α,β-unsaturated/α-hetero) is 1. The quantitative estimate of drug-likeness (QED) is 0.362. The molecule has 1 fully saturated rings. The third kappa shape index (κ3) is 5.45. The highest BCUT2D eigenvalue weighted by molar-refractivity contribution is 6.46. The van der Waals surface area contributed by atoms with Gasteiger partial charge in [-0.3, -0.25) is 9.59 Å². The van der Waals surface area contributed by atoms with E-state index in [2.05, 4.69) is 13.8 Å². The van der Waals surface area contributed by atoms with E-state index in [0.717, 1.165) is 5.56 Å². The highest BCUT2D eigenvalue weighted by Crippen LogP contribution is 2.39. The molecule has 0 aromatic heterocycles. The van der Waals surface area contributed by atoms with Gasteiger partial charge < -0.3 is 19.6 Å². The molecule has 0 saturated carbocycles. The van der Waals surface area contributed by atoms with Crippen LogP contribution < -0.4 is 4.74 Å². The first-order chi connectivity index (χ1) is 15.6. The van der Waals surface area contributed by atoms with Crippen molar-refractivity contribution in [2.24, 2.45) is 0 Å². The highest BCUT2D eigenvalue weighted by Gasteiger charge is 2.45. The highest BCUT2D eigenvalue weighted by atomic mass is 16.5. The molecule has 1 saturated heterocycles. The molecular weight excluding hydrogens is 416 g/mol. The first-order valence-corrected chi connectivity index (χ1v) is 11.4. The van der Waals surface area contributed by atoms with Gasteiger partial charge in [-0.1, -0.05) is 38.1 Å². The largest absolute Gasteiger partial charge is 0.507 e. The molecule has 0 spiro atoms. The molecule has 0 aliphatic carbocycles. The normalized spacial score (nSPS) is 18.1. The van der Waals surface area contributed by atoms with Crippen LogP contribution in [0.25, 0.3) is 5.76 Å². The SMILES string of the molecule is CC(C)Oc1ccc(C(O)=C2C(=O)C(=O)N(CCN(C)C)C2c2ccc(C(C)C)cc2)cc1. The van der Waals surface area contributed by atoms with Crippen LogP contribution in [0.1, 0.15) is 56.3 Å². The first kappa shape index (κ1) is 24.5. The van der Waals surface area contributed by atoms with Crippen molar-refractivity contribution in [2.75, 3.05) is 27.2 Å². The number of carbonyl (C=O) groups excluding carboxylic acids is 2. The summed E-state index contributed by atoms with van der Waals surface area (Å²) >= 11 is 0. The topological polar surface area (TPSA) is 70.1 Å². The molecule has 2 aromatic carbocycles. The van der Waals surface area contributed by atoms with Gasteiger partial charge in [-0.25, -0.2) is 0 Å². The monoisotopic (exact) mass is 450 g/mol. The summed E-state index contributed by atoms with van der Waals surface area (Å²) in [6, 6.07) is 14.2. The Morgan fingerprint density at radius 2 is 1.61 bits per heavy atom. The maximum absolute atomic E-state index is 13.1. The van der Waals surface area contributed by atoms with Gasteiger partial charge in [0.15, 0.2) is 0 Å². The van der Waals surface area contributed by atoms with Gasteiger partial charge in [0, 0.05) is 18.7 Å². The number of rotatable bonds is 8. The smallest absolute Gasteiger partial charge is 0.295 e. The van der Waals surface area contributed by atoms with E-state index < -0.39 is 17.7 Å². The van der Waals surface area contributed by atoms with Crippen LogP contribution in [0.3, 0.4) is 0 Å². The first-order valence-electron chi connectivity index (χ1n) is 11.4. The Hall–Kier alpha value is -3.12. The van der Waals surface area contributed by atoms with E-state index in [1.807, 2.05) is 57.1 Å². The van der Waals surface area contributed by atoms with Gasteiger partial charge in [0.25, 0.3) is 11.7 Å². The second kappa shape index (κ2) is 10.2. The third-order valence-corrected chi connectivity index (χ3v) is 5.75. The zero-order valence-electron chi connectivity index (χ0n) is 20.3. The van der Waals surface area contributed by atoms with Crippen LogP contribution in [0.2, 0.25) is 0 Å². The summed E-state index contributed by atoms with van der Waals surface area (Å²) in [5.74, 6) is -0.378. The fraction of sp³-hybridized carbons (Fsp3) is 0.407. The molecule has 33 heavy (non-hydrogen) atoms. The minimum Gasteiger partial charge on any atom is -0.507 e. The van der Waals surface area contributed by atoms with Crippen molar-refractivity contribution >= 4 is 17.4 Å². The fourth-order valence-electron chi connectivity index (χ4n) is 3.95. The molecule has 1 aliphatic heterocycles. The van der Waals surface area contributed by atoms with Crippen molar-refractivity contribution in [1.82, 2.24) is 9.80 Å². The summed E-state index contributed by atoms with van der Waals surface area (Å²) in [5, 5.41) is 11.2. The van der Waals surface area contributed by atoms with Crippen LogP contribution in [0, 0.1) is 0 Å². The average molecular weight is 451 g/mol. The molecule has 0 radical (unpaired) electrons. The lowest BCUT2D eigenvalue weighted by atomic mass is 9.93. The number of hydrogen-bond acceptors (Lipinski definition) is 5. The minimum atomic E-state index is -0.660. The number of ether oxygens (including phenoxy) is 1. The van der Waals surface area contributed by atoms with Gasteiger partial charge in [0.2, 0.25) is 0 Å². The number of aliphatic hydroxyl groups is 1. The van der Waals surface area contributed by atoms with Gasteiger partial charge in [-0.2, -0.15) is 0 Å². The lowest BCUT2D eigenvalue weighted by Gasteiger charge is -2.27. The summed E-state index contributed by atoms with van der Waals surface area (Å²) in [6.07, 6.45) is 0.0280. The lowest BCUT2D eigenvalue weighted by Crippen LogP contribution is -2.35. The number of carbonyl (C=O) groups is 2. The number of amides is 1. The Morgan fingerprint density at radius 3 is 2.12 bits per heavy atom. The van der Waals surface area contributed by atoms with Crippen molar-refractivity contribution in [2.45, 2.75) is 45.8 Å². The van der Waals surface area contributed by atoms with Gasteiger partial charge in [-0.15, -0.1) is 0 Å². The number of aliphatic hydroxyl groups excluding tert-OH is 1. The van der Waals surface area contributed by atoms with Gasteiger partial charge in [0.05, 0.1) is 17.7 Å². The van der Waals surface area contributed by atoms with Crippen LogP contribution >= 0.6 is 0 Å². The van der Waals surface area contributed by atoms with Crippen LogP contribution in [0.5, 0.6) is 5.75 Å². The predicted molar refractivity (Wildman–Crippen MR) is 130 cm³/mol. The van der Waals surface area contributed by atoms with Crippen LogP contribution in [-0.4, -0.2) is 59.9 Å². The van der Waals surface area contributed by atoms with Crippen LogP contribution in [0.4, 0.5) is 0 Å². The maximum atomic E-state index is 13.1. The molecule has 0 bridgehead atoms. The summed E-state index contributed by atoms with van der Waals surface area (Å²) < 4.78 is 5.67. The molecule has 6 nitrogen and oxygen atoms in total. The third-order valence-electron chi connectivity index (χ3n) is 5.75. The van der Waals surface area contributed by atoms with E-state index in [0.29, 0.717) is 30.3 Å².